The first-order valence-electron chi connectivity index (χ1n) is 10.0. The summed E-state index contributed by atoms with van der Waals surface area (Å²) in [6, 6.07) is 16.3. The number of hydrogen-bond donors (Lipinski definition) is 1. The van der Waals surface area contributed by atoms with Crippen molar-refractivity contribution in [2.75, 3.05) is 18.4 Å². The Balaban J connectivity index is 1.33. The number of likely N-dealkylation sites (tertiary alicyclic amines) is 1. The fourth-order valence-corrected chi connectivity index (χ4v) is 4.89. The standard InChI is InChI=1S/C23H26N2O2S/c1-16-22(26)24-20-15-19(9-10-21(20)28-16)23(27)25-13-11-18(12-14-25)8-7-17-5-3-2-4-6-17/h2-6,9-10,15-16,18H,7-8,11-14H2,1H3,(H,24,26)/t16-/m1/s1. The third-order valence-corrected chi connectivity index (χ3v) is 6.92. The van der Waals surface area contributed by atoms with Crippen LogP contribution in [0.25, 0.3) is 0 Å². The zero-order chi connectivity index (χ0) is 19.5. The van der Waals surface area contributed by atoms with E-state index in [1.165, 1.54) is 12.0 Å². The van der Waals surface area contributed by atoms with E-state index >= 15 is 0 Å². The molecular weight excluding hydrogens is 368 g/mol. The normalized spacial score (nSPS) is 19.8. The lowest BCUT2D eigenvalue weighted by molar-refractivity contribution is -0.115. The number of aryl methyl sites for hydroxylation is 1. The van der Waals surface area contributed by atoms with Gasteiger partial charge in [-0.25, -0.2) is 0 Å². The highest BCUT2D eigenvalue weighted by Crippen LogP contribution is 2.36. The molecule has 0 radical (unpaired) electrons. The lowest BCUT2D eigenvalue weighted by Gasteiger charge is -2.32. The Bertz CT molecular complexity index is 860. The van der Waals surface area contributed by atoms with Gasteiger partial charge in [-0.2, -0.15) is 0 Å². The SMILES string of the molecule is C[C@H]1Sc2ccc(C(=O)N3CCC(CCc4ccccc4)CC3)cc2NC1=O. The first kappa shape index (κ1) is 19.1. The molecule has 1 saturated heterocycles. The van der Waals surface area contributed by atoms with Gasteiger partial charge in [-0.1, -0.05) is 30.3 Å². The molecule has 0 unspecified atom stereocenters. The van der Waals surface area contributed by atoms with Crippen LogP contribution in [-0.4, -0.2) is 35.1 Å². The van der Waals surface area contributed by atoms with E-state index in [1.54, 1.807) is 11.8 Å². The molecule has 0 spiro atoms. The molecule has 2 amide bonds. The Morgan fingerprint density at radius 1 is 1.14 bits per heavy atom. The maximum absolute atomic E-state index is 12.9. The molecule has 2 heterocycles. The van der Waals surface area contributed by atoms with Crippen molar-refractivity contribution in [3.05, 3.63) is 59.7 Å². The van der Waals surface area contributed by atoms with Gasteiger partial charge in [-0.05, 0) is 62.3 Å². The third kappa shape index (κ3) is 4.25. The number of carbonyl (C=O) groups excluding carboxylic acids is 2. The number of nitrogens with one attached hydrogen (secondary N) is 1. The van der Waals surface area contributed by atoms with Crippen LogP contribution in [0.4, 0.5) is 5.69 Å². The maximum atomic E-state index is 12.9. The molecule has 2 aromatic rings. The molecule has 28 heavy (non-hydrogen) atoms. The van der Waals surface area contributed by atoms with Gasteiger partial charge in [0, 0.05) is 23.5 Å². The van der Waals surface area contributed by atoms with Crippen molar-refractivity contribution in [3.63, 3.8) is 0 Å². The van der Waals surface area contributed by atoms with E-state index in [4.69, 9.17) is 0 Å². The minimum Gasteiger partial charge on any atom is -0.339 e. The van der Waals surface area contributed by atoms with E-state index in [2.05, 4.69) is 35.6 Å². The maximum Gasteiger partial charge on any atom is 0.253 e. The van der Waals surface area contributed by atoms with Crippen molar-refractivity contribution >= 4 is 29.3 Å². The number of fused-ring (bicyclic) bond motifs is 1. The fourth-order valence-electron chi connectivity index (χ4n) is 3.96. The summed E-state index contributed by atoms with van der Waals surface area (Å²) in [4.78, 5) is 27.8. The smallest absolute Gasteiger partial charge is 0.253 e. The highest BCUT2D eigenvalue weighted by atomic mass is 32.2. The molecule has 0 bridgehead atoms. The number of nitrogens with zero attached hydrogens (tertiary/aromatic N) is 1. The van der Waals surface area contributed by atoms with Gasteiger partial charge in [0.15, 0.2) is 0 Å². The molecule has 2 aliphatic heterocycles. The highest BCUT2D eigenvalue weighted by molar-refractivity contribution is 8.00. The number of rotatable bonds is 4. The summed E-state index contributed by atoms with van der Waals surface area (Å²) in [5.41, 5.74) is 2.82. The molecule has 4 rings (SSSR count). The summed E-state index contributed by atoms with van der Waals surface area (Å²) in [7, 11) is 0. The number of piperidine rings is 1. The first-order valence-corrected chi connectivity index (χ1v) is 10.9. The van der Waals surface area contributed by atoms with E-state index in [9.17, 15) is 9.59 Å². The van der Waals surface area contributed by atoms with Gasteiger partial charge in [0.25, 0.3) is 5.91 Å². The van der Waals surface area contributed by atoms with Crippen molar-refractivity contribution in [2.24, 2.45) is 5.92 Å². The van der Waals surface area contributed by atoms with Crippen LogP contribution in [0.3, 0.4) is 0 Å². The number of thioether (sulfide) groups is 1. The number of benzene rings is 2. The Hall–Kier alpha value is -2.27. The number of carbonyl (C=O) groups is 2. The lowest BCUT2D eigenvalue weighted by Crippen LogP contribution is -2.38. The molecule has 0 aromatic heterocycles. The quantitative estimate of drug-likeness (QED) is 0.824. The van der Waals surface area contributed by atoms with E-state index in [0.717, 1.165) is 42.9 Å². The van der Waals surface area contributed by atoms with Crippen molar-refractivity contribution in [2.45, 2.75) is 42.8 Å². The van der Waals surface area contributed by atoms with Crippen LogP contribution in [0.1, 0.15) is 42.1 Å². The summed E-state index contributed by atoms with van der Waals surface area (Å²) in [6.45, 7) is 3.52. The second kappa shape index (κ2) is 8.39. The minimum absolute atomic E-state index is 0.00123. The van der Waals surface area contributed by atoms with Crippen LogP contribution in [0, 0.1) is 5.92 Å². The molecule has 5 heteroatoms. The van der Waals surface area contributed by atoms with Crippen molar-refractivity contribution in [3.8, 4) is 0 Å². The molecule has 1 N–H and O–H groups in total. The Labute approximate surface area is 170 Å². The summed E-state index contributed by atoms with van der Waals surface area (Å²) >= 11 is 1.54. The van der Waals surface area contributed by atoms with Crippen LogP contribution in [-0.2, 0) is 11.2 Å². The highest BCUT2D eigenvalue weighted by Gasteiger charge is 2.26. The molecule has 0 aliphatic carbocycles. The van der Waals surface area contributed by atoms with Crippen LogP contribution in [0.5, 0.6) is 0 Å². The van der Waals surface area contributed by atoms with E-state index in [1.807, 2.05) is 30.0 Å². The molecule has 146 valence electrons. The van der Waals surface area contributed by atoms with Gasteiger partial charge in [0.2, 0.25) is 5.91 Å². The number of amides is 2. The van der Waals surface area contributed by atoms with E-state index < -0.39 is 0 Å². The average molecular weight is 395 g/mol. The second-order valence-corrected chi connectivity index (χ2v) is 9.10. The summed E-state index contributed by atoms with van der Waals surface area (Å²) in [5.74, 6) is 0.758. The number of hydrogen-bond acceptors (Lipinski definition) is 3. The average Bonchev–Trinajstić information content (AvgIpc) is 2.73. The topological polar surface area (TPSA) is 49.4 Å². The predicted molar refractivity (Wildman–Crippen MR) is 114 cm³/mol. The van der Waals surface area contributed by atoms with Crippen LogP contribution in [0.2, 0.25) is 0 Å². The molecule has 2 aromatic carbocycles. The zero-order valence-corrected chi connectivity index (χ0v) is 17.0. The van der Waals surface area contributed by atoms with E-state index in [0.29, 0.717) is 11.5 Å². The molecule has 1 fully saturated rings. The molecule has 2 aliphatic rings. The summed E-state index contributed by atoms with van der Waals surface area (Å²) in [5, 5.41) is 2.82. The van der Waals surface area contributed by atoms with Gasteiger partial charge < -0.3 is 10.2 Å². The van der Waals surface area contributed by atoms with Crippen molar-refractivity contribution < 1.29 is 9.59 Å². The summed E-state index contributed by atoms with van der Waals surface area (Å²) in [6.07, 6.45) is 4.42. The van der Waals surface area contributed by atoms with Gasteiger partial charge in [-0.15, -0.1) is 11.8 Å². The van der Waals surface area contributed by atoms with E-state index in [-0.39, 0.29) is 17.1 Å². The predicted octanol–water partition coefficient (Wildman–Crippen LogP) is 4.60. The van der Waals surface area contributed by atoms with Gasteiger partial charge in [0.05, 0.1) is 10.9 Å². The summed E-state index contributed by atoms with van der Waals surface area (Å²) < 4.78 is 0. The third-order valence-electron chi connectivity index (χ3n) is 5.74. The van der Waals surface area contributed by atoms with Gasteiger partial charge >= 0.3 is 0 Å². The van der Waals surface area contributed by atoms with Gasteiger partial charge in [-0.3, -0.25) is 9.59 Å². The Morgan fingerprint density at radius 3 is 2.64 bits per heavy atom. The molecular formula is C23H26N2O2S. The zero-order valence-electron chi connectivity index (χ0n) is 16.2. The molecule has 1 atom stereocenters. The van der Waals surface area contributed by atoms with Crippen LogP contribution >= 0.6 is 11.8 Å². The Kier molecular flexibility index (Phi) is 5.72. The second-order valence-electron chi connectivity index (χ2n) is 7.72. The van der Waals surface area contributed by atoms with Crippen LogP contribution in [0.15, 0.2) is 53.4 Å². The van der Waals surface area contributed by atoms with Crippen molar-refractivity contribution in [1.82, 2.24) is 4.90 Å². The monoisotopic (exact) mass is 394 g/mol. The Morgan fingerprint density at radius 2 is 1.89 bits per heavy atom. The first-order chi connectivity index (χ1) is 13.6. The van der Waals surface area contributed by atoms with Crippen molar-refractivity contribution in [1.29, 1.82) is 0 Å². The molecule has 0 saturated carbocycles. The minimum atomic E-state index is -0.0936. The van der Waals surface area contributed by atoms with Crippen LogP contribution < -0.4 is 5.32 Å². The molecule has 4 nitrogen and oxygen atoms in total. The fraction of sp³-hybridized carbons (Fsp3) is 0.391. The number of anilines is 1. The lowest BCUT2D eigenvalue weighted by atomic mass is 9.90. The largest absolute Gasteiger partial charge is 0.339 e. The van der Waals surface area contributed by atoms with Gasteiger partial charge in [0.1, 0.15) is 0 Å².